The molecule has 4 rings (SSSR count). The first kappa shape index (κ1) is 24.1. The molecule has 1 aliphatic heterocycles. The van der Waals surface area contributed by atoms with Crippen LogP contribution < -0.4 is 22.3 Å². The molecule has 1 saturated heterocycles. The number of rotatable bonds is 8. The summed E-state index contributed by atoms with van der Waals surface area (Å²) in [6.45, 7) is 5.44. The van der Waals surface area contributed by atoms with E-state index in [1.165, 1.54) is 42.7 Å². The van der Waals surface area contributed by atoms with Crippen molar-refractivity contribution in [1.29, 1.82) is 0 Å². The number of halogens is 1. The Morgan fingerprint density at radius 2 is 1.13 bits per heavy atom. The summed E-state index contributed by atoms with van der Waals surface area (Å²) in [6.07, 6.45) is 6.41. The zero-order chi connectivity index (χ0) is 20.7. The van der Waals surface area contributed by atoms with Crippen molar-refractivity contribution in [2.75, 3.05) is 25.4 Å². The van der Waals surface area contributed by atoms with Crippen LogP contribution in [0.25, 0.3) is 0 Å². The highest BCUT2D eigenvalue weighted by Crippen LogP contribution is 2.61. The number of hydrogen-bond donors (Lipinski definition) is 0. The van der Waals surface area contributed by atoms with Gasteiger partial charge in [0.25, 0.3) is 0 Å². The van der Waals surface area contributed by atoms with Crippen LogP contribution in [0.5, 0.6) is 0 Å². The predicted molar refractivity (Wildman–Crippen MR) is 131 cm³/mol. The molecule has 2 nitrogen and oxygen atoms in total. The fraction of sp³-hybridized carbons (Fsp3) is 0.333. The van der Waals surface area contributed by atoms with Gasteiger partial charge in [0.05, 0.1) is 25.4 Å². The molecule has 0 spiro atoms. The summed E-state index contributed by atoms with van der Waals surface area (Å²) in [5, 5.41) is 1.61. The highest BCUT2D eigenvalue weighted by molar-refractivity contribution is 7.82. The summed E-state index contributed by atoms with van der Waals surface area (Å²) in [5.74, 6) is 0. The van der Waals surface area contributed by atoms with Gasteiger partial charge in [-0.1, -0.05) is 92.2 Å². The van der Waals surface area contributed by atoms with Crippen LogP contribution in [0.15, 0.2) is 91.0 Å². The van der Waals surface area contributed by atoms with E-state index in [1.807, 2.05) is 0 Å². The second kappa shape index (κ2) is 11.9. The Bertz CT molecular complexity index is 839. The van der Waals surface area contributed by atoms with Crippen molar-refractivity contribution in [2.45, 2.75) is 32.9 Å². The van der Waals surface area contributed by atoms with Crippen LogP contribution in [0, 0.1) is 0 Å². The fourth-order valence-electron chi connectivity index (χ4n) is 4.70. The summed E-state index contributed by atoms with van der Waals surface area (Å²) in [5.41, 5.74) is 2.83. The first-order valence-corrected chi connectivity index (χ1v) is 13.6. The molecule has 1 heterocycles. The summed E-state index contributed by atoms with van der Waals surface area (Å²) in [7, 11) is -1.29. The van der Waals surface area contributed by atoms with E-state index in [0.717, 1.165) is 19.8 Å². The third kappa shape index (κ3) is 6.49. The summed E-state index contributed by atoms with van der Waals surface area (Å²) < 4.78 is 0. The summed E-state index contributed by atoms with van der Waals surface area (Å²) in [6, 6.07) is 33.4. The highest BCUT2D eigenvalue weighted by Gasteiger charge is 2.46. The fourth-order valence-corrected chi connectivity index (χ4v) is 9.30. The van der Waals surface area contributed by atoms with Gasteiger partial charge in [-0.25, -0.2) is 0 Å². The minimum Gasteiger partial charge on any atom is -1.00 e. The van der Waals surface area contributed by atoms with Crippen LogP contribution >= 0.6 is 7.26 Å². The van der Waals surface area contributed by atoms with E-state index in [9.17, 15) is 0 Å². The van der Waals surface area contributed by atoms with Crippen molar-refractivity contribution in [1.82, 2.24) is 9.80 Å². The molecule has 1 fully saturated rings. The number of hydrogen-bond acceptors (Lipinski definition) is 2. The first-order valence-electron chi connectivity index (χ1n) is 11.2. The van der Waals surface area contributed by atoms with Gasteiger partial charge in [-0.2, -0.15) is 0 Å². The van der Waals surface area contributed by atoms with Crippen molar-refractivity contribution in [3.8, 4) is 0 Å². The van der Waals surface area contributed by atoms with Crippen LogP contribution in [0.2, 0.25) is 0 Å². The molecule has 0 bridgehead atoms. The van der Waals surface area contributed by atoms with Gasteiger partial charge in [0.1, 0.15) is 12.6 Å². The largest absolute Gasteiger partial charge is 1.00 e. The molecule has 0 amide bonds. The third-order valence-electron chi connectivity index (χ3n) is 6.08. The molecule has 4 heteroatoms. The van der Waals surface area contributed by atoms with Gasteiger partial charge >= 0.3 is 0 Å². The van der Waals surface area contributed by atoms with Gasteiger partial charge in [0.15, 0.2) is 0 Å². The molecule has 31 heavy (non-hydrogen) atoms. The minimum absolute atomic E-state index is 0. The quantitative estimate of drug-likeness (QED) is 0.442. The Labute approximate surface area is 199 Å². The van der Waals surface area contributed by atoms with Crippen LogP contribution in [0.3, 0.4) is 0 Å². The van der Waals surface area contributed by atoms with Crippen LogP contribution in [0.1, 0.15) is 30.9 Å². The lowest BCUT2D eigenvalue weighted by molar-refractivity contribution is -0.00000635. The molecule has 1 aliphatic rings. The molecule has 3 aromatic rings. The van der Waals surface area contributed by atoms with Crippen LogP contribution in [-0.4, -0.2) is 35.2 Å². The normalized spacial score (nSPS) is 16.5. The SMILES string of the molecule is CCCC[P+]1(c2ccccc2)CN(Cc2ccccc2)CN(Cc2ccccc2)C1.[Br-]. The van der Waals surface area contributed by atoms with Gasteiger partial charge in [-0.15, -0.1) is 0 Å². The maximum Gasteiger partial charge on any atom is 0.119 e. The Balaban J connectivity index is 0.00000272. The molecule has 0 aromatic heterocycles. The zero-order valence-corrected chi connectivity index (χ0v) is 21.0. The van der Waals surface area contributed by atoms with Gasteiger partial charge < -0.3 is 17.0 Å². The lowest BCUT2D eigenvalue weighted by Gasteiger charge is -2.43. The molecule has 0 atom stereocenters. The van der Waals surface area contributed by atoms with E-state index in [1.54, 1.807) is 5.30 Å². The van der Waals surface area contributed by atoms with E-state index < -0.39 is 7.26 Å². The summed E-state index contributed by atoms with van der Waals surface area (Å²) >= 11 is 0. The molecule has 0 unspecified atom stereocenters. The zero-order valence-electron chi connectivity index (χ0n) is 18.5. The van der Waals surface area contributed by atoms with E-state index in [4.69, 9.17) is 0 Å². The Morgan fingerprint density at radius 1 is 0.677 bits per heavy atom. The van der Waals surface area contributed by atoms with E-state index in [2.05, 4.69) is 108 Å². The smallest absolute Gasteiger partial charge is 0.119 e. The molecule has 0 N–H and O–H groups in total. The van der Waals surface area contributed by atoms with Gasteiger partial charge in [0.2, 0.25) is 0 Å². The molecule has 3 aromatic carbocycles. The average Bonchev–Trinajstić information content (AvgIpc) is 2.79. The molecular weight excluding hydrogens is 463 g/mol. The van der Waals surface area contributed by atoms with Crippen LogP contribution in [0.4, 0.5) is 0 Å². The van der Waals surface area contributed by atoms with Crippen molar-refractivity contribution in [3.63, 3.8) is 0 Å². The number of nitrogens with zero attached hydrogens (tertiary/aromatic N) is 2. The lowest BCUT2D eigenvalue weighted by Crippen LogP contribution is -3.00. The minimum atomic E-state index is -1.29. The molecular formula is C27H34BrN2P. The Morgan fingerprint density at radius 3 is 1.58 bits per heavy atom. The number of benzene rings is 3. The summed E-state index contributed by atoms with van der Waals surface area (Å²) in [4.78, 5) is 5.41. The Kier molecular flexibility index (Phi) is 9.29. The topological polar surface area (TPSA) is 6.48 Å². The second-order valence-electron chi connectivity index (χ2n) is 8.61. The molecule has 0 radical (unpaired) electrons. The van der Waals surface area contributed by atoms with E-state index in [0.29, 0.717) is 0 Å². The monoisotopic (exact) mass is 496 g/mol. The standard InChI is InChI=1S/C27H34N2P.BrH/c1-2-3-19-30(27-17-11-6-12-18-27)23-28(20-25-13-7-4-8-14-25)22-29(24-30)21-26-15-9-5-10-16-26;/h4-18H,2-3,19-24H2,1H3;1H/q+1;/p-1. The van der Waals surface area contributed by atoms with E-state index >= 15 is 0 Å². The molecule has 0 aliphatic carbocycles. The van der Waals surface area contributed by atoms with Crippen molar-refractivity contribution in [2.24, 2.45) is 0 Å². The molecule has 164 valence electrons. The van der Waals surface area contributed by atoms with Crippen molar-refractivity contribution >= 4 is 12.6 Å². The van der Waals surface area contributed by atoms with Crippen molar-refractivity contribution in [3.05, 3.63) is 102 Å². The van der Waals surface area contributed by atoms with Gasteiger partial charge in [-0.3, -0.25) is 9.80 Å². The Hall–Kier alpha value is -1.51. The maximum atomic E-state index is 2.71. The lowest BCUT2D eigenvalue weighted by atomic mass is 10.2. The highest BCUT2D eigenvalue weighted by atomic mass is 79.9. The molecule has 0 saturated carbocycles. The van der Waals surface area contributed by atoms with Gasteiger partial charge in [-0.05, 0) is 29.7 Å². The predicted octanol–water partition coefficient (Wildman–Crippen LogP) is 3.02. The maximum absolute atomic E-state index is 2.71. The van der Waals surface area contributed by atoms with E-state index in [-0.39, 0.29) is 17.0 Å². The number of unbranched alkanes of at least 4 members (excludes halogenated alkanes) is 1. The first-order chi connectivity index (χ1) is 14.8. The third-order valence-corrected chi connectivity index (χ3v) is 10.5. The average molecular weight is 497 g/mol. The van der Waals surface area contributed by atoms with Crippen molar-refractivity contribution < 1.29 is 17.0 Å². The second-order valence-corrected chi connectivity index (χ2v) is 12.4. The van der Waals surface area contributed by atoms with Gasteiger partial charge in [0, 0.05) is 13.1 Å². The van der Waals surface area contributed by atoms with Crippen LogP contribution in [-0.2, 0) is 13.1 Å².